The Hall–Kier alpha value is -2.64. The van der Waals surface area contributed by atoms with Crippen molar-refractivity contribution < 1.29 is 23.2 Å². The van der Waals surface area contributed by atoms with Crippen LogP contribution in [0.5, 0.6) is 0 Å². The summed E-state index contributed by atoms with van der Waals surface area (Å²) < 4.78 is 15.8. The Morgan fingerprint density at radius 2 is 2.16 bits per heavy atom. The third-order valence-corrected chi connectivity index (χ3v) is 4.79. The molecule has 0 unspecified atom stereocenters. The fourth-order valence-electron chi connectivity index (χ4n) is 3.52. The topological polar surface area (TPSA) is 98.7 Å². The minimum atomic E-state index is -0.416. The summed E-state index contributed by atoms with van der Waals surface area (Å²) in [6.07, 6.45) is 6.09. The molecule has 1 saturated heterocycles. The largest absolute Gasteiger partial charge is 0.459 e. The Labute approximate surface area is 144 Å². The highest BCUT2D eigenvalue weighted by Crippen LogP contribution is 2.30. The number of hydrogen-bond donors (Lipinski definition) is 0. The molecule has 0 bridgehead atoms. The van der Waals surface area contributed by atoms with E-state index in [9.17, 15) is 9.59 Å². The van der Waals surface area contributed by atoms with E-state index in [0.29, 0.717) is 12.3 Å². The molecule has 1 aliphatic carbocycles. The number of amides is 1. The molecule has 8 nitrogen and oxygen atoms in total. The maximum atomic E-state index is 12.3. The van der Waals surface area contributed by atoms with Gasteiger partial charge in [-0.2, -0.15) is 0 Å². The summed E-state index contributed by atoms with van der Waals surface area (Å²) in [6, 6.07) is 3.70. The van der Waals surface area contributed by atoms with E-state index in [2.05, 4.69) is 10.2 Å². The monoisotopic (exact) mass is 345 g/mol. The molecule has 4 rings (SSSR count). The molecule has 8 heteroatoms. The second kappa shape index (κ2) is 6.70. The summed E-state index contributed by atoms with van der Waals surface area (Å²) >= 11 is 0. The van der Waals surface area contributed by atoms with Crippen molar-refractivity contribution in [3.63, 3.8) is 0 Å². The first kappa shape index (κ1) is 15.9. The summed E-state index contributed by atoms with van der Waals surface area (Å²) in [5, 5.41) is 7.68. The van der Waals surface area contributed by atoms with E-state index in [0.717, 1.165) is 25.7 Å². The van der Waals surface area contributed by atoms with Gasteiger partial charge in [-0.25, -0.2) is 0 Å². The maximum absolute atomic E-state index is 12.3. The van der Waals surface area contributed by atoms with E-state index in [1.165, 1.54) is 6.26 Å². The van der Waals surface area contributed by atoms with E-state index in [1.54, 1.807) is 12.1 Å². The lowest BCUT2D eigenvalue weighted by Crippen LogP contribution is -2.35. The van der Waals surface area contributed by atoms with E-state index < -0.39 is 11.9 Å². The second-order valence-electron chi connectivity index (χ2n) is 6.47. The Kier molecular flexibility index (Phi) is 4.25. The van der Waals surface area contributed by atoms with Gasteiger partial charge in [0.05, 0.1) is 12.2 Å². The van der Waals surface area contributed by atoms with E-state index >= 15 is 0 Å². The van der Waals surface area contributed by atoms with E-state index in [-0.39, 0.29) is 36.8 Å². The predicted octanol–water partition coefficient (Wildman–Crippen LogP) is 2.16. The molecule has 2 aromatic rings. The van der Waals surface area contributed by atoms with Gasteiger partial charge in [0.1, 0.15) is 0 Å². The van der Waals surface area contributed by atoms with Crippen LogP contribution in [-0.2, 0) is 20.9 Å². The number of aromatic nitrogens is 2. The summed E-state index contributed by atoms with van der Waals surface area (Å²) in [6.45, 7) is 0.338. The summed E-state index contributed by atoms with van der Waals surface area (Å²) in [5.41, 5.74) is 0. The van der Waals surface area contributed by atoms with Crippen LogP contribution in [0.1, 0.15) is 38.0 Å². The van der Waals surface area contributed by atoms with Crippen molar-refractivity contribution in [1.29, 1.82) is 0 Å². The van der Waals surface area contributed by atoms with Gasteiger partial charge in [-0.3, -0.25) is 9.59 Å². The van der Waals surface area contributed by atoms with Crippen LogP contribution in [0.25, 0.3) is 11.7 Å². The average Bonchev–Trinajstić information content (AvgIpc) is 3.38. The number of nitrogens with zero attached hydrogens (tertiary/aromatic N) is 3. The van der Waals surface area contributed by atoms with Crippen LogP contribution < -0.4 is 0 Å². The zero-order chi connectivity index (χ0) is 17.2. The Bertz CT molecular complexity index is 748. The lowest BCUT2D eigenvalue weighted by molar-refractivity contribution is -0.150. The minimum Gasteiger partial charge on any atom is -0.459 e. The van der Waals surface area contributed by atoms with Gasteiger partial charge in [0, 0.05) is 19.0 Å². The van der Waals surface area contributed by atoms with Crippen molar-refractivity contribution >= 4 is 11.9 Å². The molecular weight excluding hydrogens is 326 g/mol. The number of hydrogen-bond acceptors (Lipinski definition) is 7. The van der Waals surface area contributed by atoms with Crippen molar-refractivity contribution in [2.45, 2.75) is 44.8 Å². The number of carbonyl (C=O) groups excluding carboxylic acids is 2. The summed E-state index contributed by atoms with van der Waals surface area (Å²) in [4.78, 5) is 26.3. The smallest absolute Gasteiger partial charge is 0.311 e. The van der Waals surface area contributed by atoms with Crippen LogP contribution in [0.3, 0.4) is 0 Å². The van der Waals surface area contributed by atoms with Crippen LogP contribution in [0.4, 0.5) is 0 Å². The predicted molar refractivity (Wildman–Crippen MR) is 83.9 cm³/mol. The zero-order valence-corrected chi connectivity index (χ0v) is 13.7. The van der Waals surface area contributed by atoms with Crippen LogP contribution in [0.15, 0.2) is 27.2 Å². The third-order valence-electron chi connectivity index (χ3n) is 4.79. The van der Waals surface area contributed by atoms with Gasteiger partial charge in [-0.15, -0.1) is 10.2 Å². The van der Waals surface area contributed by atoms with Crippen LogP contribution >= 0.6 is 0 Å². The number of esters is 1. The first-order valence-electron chi connectivity index (χ1n) is 8.53. The molecule has 0 N–H and O–H groups in total. The fourth-order valence-corrected chi connectivity index (χ4v) is 3.52. The molecule has 0 aromatic carbocycles. The fraction of sp³-hybridized carbons (Fsp3) is 0.529. The van der Waals surface area contributed by atoms with Crippen LogP contribution in [-0.4, -0.2) is 39.6 Å². The van der Waals surface area contributed by atoms with E-state index in [1.807, 2.05) is 4.90 Å². The SMILES string of the molecule is O=C(OCc1nnc(-c2ccco2)o1)[C@@H]1CC(=O)N(C2CCCC2)C1. The molecule has 0 spiro atoms. The molecule has 2 aromatic heterocycles. The number of ether oxygens (including phenoxy) is 1. The Balaban J connectivity index is 1.31. The van der Waals surface area contributed by atoms with Gasteiger partial charge in [0.15, 0.2) is 12.4 Å². The highest BCUT2D eigenvalue weighted by Gasteiger charge is 2.39. The van der Waals surface area contributed by atoms with Crippen molar-refractivity contribution in [3.05, 3.63) is 24.3 Å². The lowest BCUT2D eigenvalue weighted by Gasteiger charge is -2.23. The molecular formula is C17H19N3O5. The Morgan fingerprint density at radius 1 is 1.32 bits per heavy atom. The normalized spacial score (nSPS) is 21.2. The third kappa shape index (κ3) is 3.29. The molecule has 132 valence electrons. The van der Waals surface area contributed by atoms with Gasteiger partial charge >= 0.3 is 5.97 Å². The average molecular weight is 345 g/mol. The zero-order valence-electron chi connectivity index (χ0n) is 13.7. The van der Waals surface area contributed by atoms with Crippen molar-refractivity contribution in [3.8, 4) is 11.7 Å². The number of likely N-dealkylation sites (tertiary alicyclic amines) is 1. The van der Waals surface area contributed by atoms with Crippen molar-refractivity contribution in [1.82, 2.24) is 15.1 Å². The number of rotatable bonds is 5. The van der Waals surface area contributed by atoms with Crippen molar-refractivity contribution in [2.75, 3.05) is 6.54 Å². The van der Waals surface area contributed by atoms with Gasteiger partial charge in [0.25, 0.3) is 11.8 Å². The first-order chi connectivity index (χ1) is 12.2. The second-order valence-corrected chi connectivity index (χ2v) is 6.47. The van der Waals surface area contributed by atoms with Gasteiger partial charge < -0.3 is 18.5 Å². The van der Waals surface area contributed by atoms with Gasteiger partial charge in [-0.1, -0.05) is 12.8 Å². The Morgan fingerprint density at radius 3 is 2.92 bits per heavy atom. The molecule has 1 atom stereocenters. The van der Waals surface area contributed by atoms with Gasteiger partial charge in [0.2, 0.25) is 5.91 Å². The van der Waals surface area contributed by atoms with Crippen LogP contribution in [0, 0.1) is 5.92 Å². The standard InChI is InChI=1S/C17H19N3O5/c21-15-8-11(9-20(15)12-4-1-2-5-12)17(22)24-10-14-18-19-16(25-14)13-6-3-7-23-13/h3,6-7,11-12H,1-2,4-5,8-10H2/t11-/m1/s1. The van der Waals surface area contributed by atoms with Crippen LogP contribution in [0.2, 0.25) is 0 Å². The van der Waals surface area contributed by atoms with Crippen molar-refractivity contribution in [2.24, 2.45) is 5.92 Å². The molecule has 25 heavy (non-hydrogen) atoms. The maximum Gasteiger partial charge on any atom is 0.311 e. The number of furan rings is 1. The molecule has 0 radical (unpaired) electrons. The highest BCUT2D eigenvalue weighted by molar-refractivity contribution is 5.87. The summed E-state index contributed by atoms with van der Waals surface area (Å²) in [7, 11) is 0. The molecule has 3 heterocycles. The number of carbonyl (C=O) groups is 2. The minimum absolute atomic E-state index is 0.0479. The molecule has 1 saturated carbocycles. The van der Waals surface area contributed by atoms with E-state index in [4.69, 9.17) is 13.6 Å². The van der Waals surface area contributed by atoms with Gasteiger partial charge in [-0.05, 0) is 25.0 Å². The molecule has 2 fully saturated rings. The first-order valence-corrected chi connectivity index (χ1v) is 8.53. The highest BCUT2D eigenvalue weighted by atomic mass is 16.5. The summed E-state index contributed by atoms with van der Waals surface area (Å²) in [5.74, 6) is 0.119. The molecule has 1 aliphatic heterocycles. The molecule has 2 aliphatic rings. The quantitative estimate of drug-likeness (QED) is 0.766. The lowest BCUT2D eigenvalue weighted by atomic mass is 10.1. The molecule has 1 amide bonds.